The van der Waals surface area contributed by atoms with E-state index in [9.17, 15) is 14.9 Å². The van der Waals surface area contributed by atoms with Crippen LogP contribution in [-0.2, 0) is 11.2 Å². The Balaban J connectivity index is 1.85. The summed E-state index contributed by atoms with van der Waals surface area (Å²) in [6, 6.07) is 11.4. The molecule has 2 aromatic rings. The molecular weight excluding hydrogens is 534 g/mol. The Labute approximate surface area is 217 Å². The number of carbonyl (C=O) groups is 2. The van der Waals surface area contributed by atoms with E-state index in [1.807, 2.05) is 0 Å². The average molecular weight is 559 g/mol. The standard InChI is InChI=1S/C26H25BrClN3O4/c1-3-11-34-22-8-6-18(27)15-19(22)24(32)30-21(25(33)31-26(16-29)9-10-26)14-17-5-7-23(20(28)13-17)35-12-4-2/h3-8,13,15,21H,1-2,9-12,14H2,(H,30,32)(H,31,33)/t21-/m0/s1. The number of nitriles is 1. The smallest absolute Gasteiger partial charge is 0.255 e. The molecule has 0 spiro atoms. The molecule has 1 aliphatic carbocycles. The van der Waals surface area contributed by atoms with Gasteiger partial charge in [0.25, 0.3) is 5.91 Å². The van der Waals surface area contributed by atoms with E-state index in [1.165, 1.54) is 0 Å². The Hall–Kier alpha value is -3.28. The van der Waals surface area contributed by atoms with Crippen LogP contribution >= 0.6 is 27.5 Å². The molecular formula is C26H25BrClN3O4. The first-order valence-electron chi connectivity index (χ1n) is 10.9. The van der Waals surface area contributed by atoms with Crippen LogP contribution in [0.3, 0.4) is 0 Å². The minimum atomic E-state index is -0.962. The van der Waals surface area contributed by atoms with Crippen LogP contribution < -0.4 is 20.1 Å². The summed E-state index contributed by atoms with van der Waals surface area (Å²) in [5.74, 6) is -0.111. The maximum atomic E-state index is 13.2. The van der Waals surface area contributed by atoms with Gasteiger partial charge in [0.15, 0.2) is 0 Å². The fourth-order valence-electron chi connectivity index (χ4n) is 3.28. The summed E-state index contributed by atoms with van der Waals surface area (Å²) >= 11 is 9.70. The zero-order valence-corrected chi connectivity index (χ0v) is 21.3. The van der Waals surface area contributed by atoms with Crippen molar-refractivity contribution in [2.24, 2.45) is 0 Å². The van der Waals surface area contributed by atoms with E-state index in [4.69, 9.17) is 21.1 Å². The molecule has 1 fully saturated rings. The molecule has 3 rings (SSSR count). The fourth-order valence-corrected chi connectivity index (χ4v) is 3.90. The number of hydrogen-bond donors (Lipinski definition) is 2. The van der Waals surface area contributed by atoms with Crippen molar-refractivity contribution < 1.29 is 19.1 Å². The zero-order valence-electron chi connectivity index (χ0n) is 19.0. The normalized spacial score (nSPS) is 14.1. The van der Waals surface area contributed by atoms with Crippen LogP contribution in [0.25, 0.3) is 0 Å². The number of halogens is 2. The molecule has 0 saturated heterocycles. The molecule has 35 heavy (non-hydrogen) atoms. The maximum absolute atomic E-state index is 13.2. The van der Waals surface area contributed by atoms with Gasteiger partial charge in [0.1, 0.15) is 36.3 Å². The lowest BCUT2D eigenvalue weighted by Crippen LogP contribution is -2.51. The average Bonchev–Trinajstić information content (AvgIpc) is 3.62. The SMILES string of the molecule is C=CCOc1ccc(C[C@H](NC(=O)c2cc(Br)ccc2OCC=C)C(=O)NC2(C#N)CC2)cc1Cl. The Kier molecular flexibility index (Phi) is 8.96. The number of amides is 2. The van der Waals surface area contributed by atoms with Crippen molar-refractivity contribution in [3.05, 3.63) is 82.3 Å². The minimum Gasteiger partial charge on any atom is -0.489 e. The highest BCUT2D eigenvalue weighted by atomic mass is 79.9. The number of ether oxygens (including phenoxy) is 2. The van der Waals surface area contributed by atoms with Crippen LogP contribution in [-0.4, -0.2) is 36.6 Å². The lowest BCUT2D eigenvalue weighted by Gasteiger charge is -2.21. The van der Waals surface area contributed by atoms with Gasteiger partial charge in [-0.25, -0.2) is 0 Å². The van der Waals surface area contributed by atoms with Gasteiger partial charge in [-0.2, -0.15) is 5.26 Å². The molecule has 1 aliphatic rings. The highest BCUT2D eigenvalue weighted by molar-refractivity contribution is 9.10. The van der Waals surface area contributed by atoms with Crippen molar-refractivity contribution >= 4 is 39.3 Å². The molecule has 9 heteroatoms. The summed E-state index contributed by atoms with van der Waals surface area (Å²) in [4.78, 5) is 26.4. The van der Waals surface area contributed by atoms with Crippen molar-refractivity contribution in [1.82, 2.24) is 10.6 Å². The Morgan fingerprint density at radius 2 is 1.80 bits per heavy atom. The van der Waals surface area contributed by atoms with Gasteiger partial charge < -0.3 is 20.1 Å². The van der Waals surface area contributed by atoms with Gasteiger partial charge in [-0.1, -0.05) is 58.9 Å². The van der Waals surface area contributed by atoms with Crippen LogP contribution in [0.2, 0.25) is 5.02 Å². The number of nitrogens with one attached hydrogen (secondary N) is 2. The minimum absolute atomic E-state index is 0.150. The molecule has 182 valence electrons. The maximum Gasteiger partial charge on any atom is 0.255 e. The van der Waals surface area contributed by atoms with Gasteiger partial charge in [0.05, 0.1) is 16.7 Å². The largest absolute Gasteiger partial charge is 0.489 e. The van der Waals surface area contributed by atoms with Gasteiger partial charge in [-0.3, -0.25) is 9.59 Å². The van der Waals surface area contributed by atoms with Crippen LogP contribution in [0.4, 0.5) is 0 Å². The topological polar surface area (TPSA) is 100 Å². The highest BCUT2D eigenvalue weighted by Crippen LogP contribution is 2.34. The molecule has 0 bridgehead atoms. The summed E-state index contributed by atoms with van der Waals surface area (Å²) < 4.78 is 11.8. The first-order valence-corrected chi connectivity index (χ1v) is 12.1. The lowest BCUT2D eigenvalue weighted by molar-refractivity contribution is -0.123. The molecule has 0 heterocycles. The van der Waals surface area contributed by atoms with E-state index >= 15 is 0 Å². The first kappa shape index (κ1) is 26.3. The third-order valence-corrected chi connectivity index (χ3v) is 6.07. The second kappa shape index (κ2) is 11.9. The van der Waals surface area contributed by atoms with E-state index in [0.717, 1.165) is 0 Å². The molecule has 2 amide bonds. The van der Waals surface area contributed by atoms with Crippen LogP contribution in [0.5, 0.6) is 11.5 Å². The van der Waals surface area contributed by atoms with Crippen LogP contribution in [0.15, 0.2) is 66.2 Å². The van der Waals surface area contributed by atoms with Crippen molar-refractivity contribution in [1.29, 1.82) is 5.26 Å². The Morgan fingerprint density at radius 3 is 2.40 bits per heavy atom. The molecule has 0 aliphatic heterocycles. The molecule has 1 saturated carbocycles. The Bertz CT molecular complexity index is 1170. The van der Waals surface area contributed by atoms with Gasteiger partial charge in [0, 0.05) is 10.9 Å². The number of benzene rings is 2. The van der Waals surface area contributed by atoms with Crippen molar-refractivity contribution in [3.8, 4) is 17.6 Å². The zero-order chi connectivity index (χ0) is 25.4. The van der Waals surface area contributed by atoms with E-state index in [0.29, 0.717) is 46.0 Å². The molecule has 7 nitrogen and oxygen atoms in total. The lowest BCUT2D eigenvalue weighted by atomic mass is 10.0. The second-order valence-electron chi connectivity index (χ2n) is 8.02. The van der Waals surface area contributed by atoms with Gasteiger partial charge in [0.2, 0.25) is 5.91 Å². The molecule has 2 aromatic carbocycles. The number of hydrogen-bond acceptors (Lipinski definition) is 5. The molecule has 2 N–H and O–H groups in total. The molecule has 0 aromatic heterocycles. The third-order valence-electron chi connectivity index (χ3n) is 5.28. The number of carbonyl (C=O) groups excluding carboxylic acids is 2. The molecule has 1 atom stereocenters. The second-order valence-corrected chi connectivity index (χ2v) is 9.34. The van der Waals surface area contributed by atoms with Crippen LogP contribution in [0.1, 0.15) is 28.8 Å². The van der Waals surface area contributed by atoms with Gasteiger partial charge >= 0.3 is 0 Å². The molecule has 0 unspecified atom stereocenters. The van der Waals surface area contributed by atoms with Gasteiger partial charge in [-0.15, -0.1) is 0 Å². The summed E-state index contributed by atoms with van der Waals surface area (Å²) in [6.07, 6.45) is 4.48. The summed E-state index contributed by atoms with van der Waals surface area (Å²) in [6.45, 7) is 7.76. The van der Waals surface area contributed by atoms with E-state index in [2.05, 4.69) is 45.8 Å². The first-order chi connectivity index (χ1) is 16.8. The van der Waals surface area contributed by atoms with Crippen molar-refractivity contribution in [2.45, 2.75) is 30.8 Å². The number of nitrogens with zero attached hydrogens (tertiary/aromatic N) is 1. The van der Waals surface area contributed by atoms with E-state index in [-0.39, 0.29) is 18.6 Å². The summed E-state index contributed by atoms with van der Waals surface area (Å²) in [7, 11) is 0. The van der Waals surface area contributed by atoms with Crippen molar-refractivity contribution in [3.63, 3.8) is 0 Å². The predicted molar refractivity (Wildman–Crippen MR) is 138 cm³/mol. The summed E-state index contributed by atoms with van der Waals surface area (Å²) in [5.41, 5.74) is 0.0842. The van der Waals surface area contributed by atoms with E-state index < -0.39 is 23.4 Å². The van der Waals surface area contributed by atoms with Crippen LogP contribution in [0, 0.1) is 11.3 Å². The quantitative estimate of drug-likeness (QED) is 0.366. The third kappa shape index (κ3) is 7.10. The van der Waals surface area contributed by atoms with Crippen molar-refractivity contribution in [2.75, 3.05) is 13.2 Å². The highest BCUT2D eigenvalue weighted by Gasteiger charge is 2.45. The summed E-state index contributed by atoms with van der Waals surface area (Å²) in [5, 5.41) is 15.3. The monoisotopic (exact) mass is 557 g/mol. The number of rotatable bonds is 12. The predicted octanol–water partition coefficient (Wildman–Crippen LogP) is 4.75. The molecule has 0 radical (unpaired) electrons. The van der Waals surface area contributed by atoms with E-state index in [1.54, 1.807) is 48.6 Å². The Morgan fingerprint density at radius 1 is 1.14 bits per heavy atom. The fraction of sp³-hybridized carbons (Fsp3) is 0.269. The van der Waals surface area contributed by atoms with Gasteiger partial charge in [-0.05, 0) is 48.7 Å².